The molecule has 0 heterocycles. The number of carbonyl (C=O) groups is 3. The second-order valence-electron chi connectivity index (χ2n) is 5.39. The summed E-state index contributed by atoms with van der Waals surface area (Å²) in [5.41, 5.74) is 3.59. The van der Waals surface area contributed by atoms with Crippen molar-refractivity contribution in [3.63, 3.8) is 0 Å². The van der Waals surface area contributed by atoms with E-state index in [1.54, 1.807) is 24.3 Å². The van der Waals surface area contributed by atoms with Crippen LogP contribution in [0.2, 0.25) is 0 Å². The first-order valence-corrected chi connectivity index (χ1v) is 8.13. The van der Waals surface area contributed by atoms with Crippen LogP contribution in [0.4, 0.5) is 0 Å². The molecule has 0 spiro atoms. The van der Waals surface area contributed by atoms with Gasteiger partial charge in [0.2, 0.25) is 0 Å². The van der Waals surface area contributed by atoms with Crippen molar-refractivity contribution in [2.45, 2.75) is 6.42 Å². The molecule has 0 aliphatic carbocycles. The standard InChI is InChI=1S/C19H19N3O5/c23-17(24)13-27-16-9-5-4-8-15(16)12-21-22-19(26)18(25)20-11-10-14-6-2-1-3-7-14/h1-9,12H,10-11,13H2,(H,20,25)(H,22,26)(H,23,24)/p-1/b21-12-. The Kier molecular flexibility index (Phi) is 7.52. The Labute approximate surface area is 155 Å². The molecule has 27 heavy (non-hydrogen) atoms. The number of rotatable bonds is 8. The third kappa shape index (κ3) is 6.99. The Hall–Kier alpha value is -3.68. The SMILES string of the molecule is O=C([O-])COc1ccccc1/C=N\NC(=O)C(=O)NCCc1ccccc1. The van der Waals surface area contributed by atoms with Gasteiger partial charge in [-0.2, -0.15) is 5.10 Å². The fourth-order valence-electron chi connectivity index (χ4n) is 2.11. The van der Waals surface area contributed by atoms with E-state index < -0.39 is 24.4 Å². The molecule has 140 valence electrons. The molecule has 0 unspecified atom stereocenters. The molecule has 0 fully saturated rings. The molecule has 0 aliphatic heterocycles. The minimum atomic E-state index is -1.36. The van der Waals surface area contributed by atoms with Crippen LogP contribution >= 0.6 is 0 Å². The molecule has 0 aliphatic rings. The van der Waals surface area contributed by atoms with E-state index in [-0.39, 0.29) is 5.75 Å². The molecule has 8 heteroatoms. The van der Waals surface area contributed by atoms with Crippen LogP contribution in [0.25, 0.3) is 0 Å². The summed E-state index contributed by atoms with van der Waals surface area (Å²) in [6.07, 6.45) is 1.85. The molecule has 2 aromatic rings. The van der Waals surface area contributed by atoms with E-state index in [4.69, 9.17) is 4.74 Å². The summed E-state index contributed by atoms with van der Waals surface area (Å²) >= 11 is 0. The summed E-state index contributed by atoms with van der Waals surface area (Å²) in [6.45, 7) is -0.291. The van der Waals surface area contributed by atoms with Crippen molar-refractivity contribution in [3.8, 4) is 5.75 Å². The first kappa shape index (κ1) is 19.6. The monoisotopic (exact) mass is 368 g/mol. The van der Waals surface area contributed by atoms with E-state index >= 15 is 0 Å². The molecular formula is C19H18N3O5-. The summed E-state index contributed by atoms with van der Waals surface area (Å²) in [5, 5.41) is 16.7. The van der Waals surface area contributed by atoms with Crippen molar-refractivity contribution in [3.05, 3.63) is 65.7 Å². The van der Waals surface area contributed by atoms with E-state index in [1.807, 2.05) is 30.3 Å². The lowest BCUT2D eigenvalue weighted by atomic mass is 10.1. The van der Waals surface area contributed by atoms with Gasteiger partial charge in [-0.15, -0.1) is 0 Å². The number of benzene rings is 2. The maximum Gasteiger partial charge on any atom is 0.329 e. The summed E-state index contributed by atoms with van der Waals surface area (Å²) < 4.78 is 5.05. The van der Waals surface area contributed by atoms with E-state index in [2.05, 4.69) is 15.8 Å². The Morgan fingerprint density at radius 3 is 2.44 bits per heavy atom. The maximum absolute atomic E-state index is 11.7. The number of ether oxygens (including phenoxy) is 1. The Bertz CT molecular complexity index is 821. The van der Waals surface area contributed by atoms with Crippen molar-refractivity contribution in [1.29, 1.82) is 0 Å². The Morgan fingerprint density at radius 1 is 1.00 bits per heavy atom. The van der Waals surface area contributed by atoms with Crippen molar-refractivity contribution >= 4 is 24.0 Å². The molecular weight excluding hydrogens is 350 g/mol. The van der Waals surface area contributed by atoms with Crippen molar-refractivity contribution in [1.82, 2.24) is 10.7 Å². The molecule has 2 aromatic carbocycles. The predicted octanol–water partition coefficient (Wildman–Crippen LogP) is -0.376. The number of hydrogen-bond acceptors (Lipinski definition) is 6. The molecule has 0 aromatic heterocycles. The summed E-state index contributed by atoms with van der Waals surface area (Å²) in [5.74, 6) is -2.81. The number of amides is 2. The smallest absolute Gasteiger partial charge is 0.329 e. The lowest BCUT2D eigenvalue weighted by molar-refractivity contribution is -0.307. The molecule has 2 N–H and O–H groups in total. The van der Waals surface area contributed by atoms with Gasteiger partial charge in [0.25, 0.3) is 0 Å². The second-order valence-corrected chi connectivity index (χ2v) is 5.39. The van der Waals surface area contributed by atoms with Crippen LogP contribution in [-0.4, -0.2) is 37.1 Å². The maximum atomic E-state index is 11.7. The minimum absolute atomic E-state index is 0.256. The molecule has 0 radical (unpaired) electrons. The van der Waals surface area contributed by atoms with Gasteiger partial charge >= 0.3 is 11.8 Å². The quantitative estimate of drug-likeness (QED) is 0.374. The molecule has 8 nitrogen and oxygen atoms in total. The minimum Gasteiger partial charge on any atom is -0.546 e. The Morgan fingerprint density at radius 2 is 1.70 bits per heavy atom. The van der Waals surface area contributed by atoms with Gasteiger partial charge in [0.1, 0.15) is 12.4 Å². The number of aliphatic carboxylic acids is 1. The van der Waals surface area contributed by atoms with Crippen LogP contribution < -0.4 is 20.6 Å². The van der Waals surface area contributed by atoms with Crippen molar-refractivity contribution < 1.29 is 24.2 Å². The molecule has 2 amide bonds. The van der Waals surface area contributed by atoms with Crippen LogP contribution in [-0.2, 0) is 20.8 Å². The lowest BCUT2D eigenvalue weighted by Gasteiger charge is -2.09. The van der Waals surface area contributed by atoms with Gasteiger partial charge in [-0.25, -0.2) is 5.43 Å². The second kappa shape index (κ2) is 10.3. The zero-order chi connectivity index (χ0) is 19.5. The predicted molar refractivity (Wildman–Crippen MR) is 95.8 cm³/mol. The normalized spacial score (nSPS) is 10.4. The largest absolute Gasteiger partial charge is 0.546 e. The number of carboxylic acids is 1. The van der Waals surface area contributed by atoms with E-state index in [1.165, 1.54) is 6.21 Å². The third-order valence-corrected chi connectivity index (χ3v) is 3.38. The molecule has 0 saturated heterocycles. The topological polar surface area (TPSA) is 120 Å². The highest BCUT2D eigenvalue weighted by Gasteiger charge is 2.11. The highest BCUT2D eigenvalue weighted by molar-refractivity contribution is 6.35. The summed E-state index contributed by atoms with van der Waals surface area (Å²) in [7, 11) is 0. The number of carbonyl (C=O) groups excluding carboxylic acids is 3. The van der Waals surface area contributed by atoms with Crippen LogP contribution in [0.3, 0.4) is 0 Å². The van der Waals surface area contributed by atoms with Crippen molar-refractivity contribution in [2.24, 2.45) is 5.10 Å². The highest BCUT2D eigenvalue weighted by Crippen LogP contribution is 2.15. The van der Waals surface area contributed by atoms with Crippen LogP contribution in [0, 0.1) is 0 Å². The average Bonchev–Trinajstić information content (AvgIpc) is 2.67. The number of para-hydroxylation sites is 1. The third-order valence-electron chi connectivity index (χ3n) is 3.38. The molecule has 0 saturated carbocycles. The van der Waals surface area contributed by atoms with E-state index in [9.17, 15) is 19.5 Å². The van der Waals surface area contributed by atoms with Gasteiger partial charge in [0.15, 0.2) is 0 Å². The number of nitrogens with one attached hydrogen (secondary N) is 2. The number of hydrazone groups is 1. The molecule has 2 rings (SSSR count). The van der Waals surface area contributed by atoms with E-state index in [0.29, 0.717) is 18.5 Å². The van der Waals surface area contributed by atoms with Crippen LogP contribution in [0.5, 0.6) is 5.75 Å². The van der Waals surface area contributed by atoms with Gasteiger partial charge in [-0.05, 0) is 24.1 Å². The zero-order valence-corrected chi connectivity index (χ0v) is 14.4. The van der Waals surface area contributed by atoms with Crippen LogP contribution in [0.1, 0.15) is 11.1 Å². The van der Waals surface area contributed by atoms with Crippen molar-refractivity contribution in [2.75, 3.05) is 13.2 Å². The summed E-state index contributed by atoms with van der Waals surface area (Å²) in [6, 6.07) is 16.0. The van der Waals surface area contributed by atoms with Gasteiger partial charge in [0, 0.05) is 12.1 Å². The van der Waals surface area contributed by atoms with E-state index in [0.717, 1.165) is 5.56 Å². The number of hydrogen-bond donors (Lipinski definition) is 2. The van der Waals surface area contributed by atoms with Crippen LogP contribution in [0.15, 0.2) is 59.7 Å². The highest BCUT2D eigenvalue weighted by atomic mass is 16.5. The first-order chi connectivity index (χ1) is 13.1. The van der Waals surface area contributed by atoms with Gasteiger partial charge in [-0.3, -0.25) is 9.59 Å². The number of nitrogens with zero attached hydrogens (tertiary/aromatic N) is 1. The number of carboxylic acid groups (broad SMARTS) is 1. The fourth-order valence-corrected chi connectivity index (χ4v) is 2.11. The fraction of sp³-hybridized carbons (Fsp3) is 0.158. The Balaban J connectivity index is 1.80. The molecule has 0 bridgehead atoms. The molecule has 0 atom stereocenters. The lowest BCUT2D eigenvalue weighted by Crippen LogP contribution is -2.38. The van der Waals surface area contributed by atoms with Gasteiger partial charge in [-0.1, -0.05) is 42.5 Å². The first-order valence-electron chi connectivity index (χ1n) is 8.13. The zero-order valence-electron chi connectivity index (χ0n) is 14.4. The summed E-state index contributed by atoms with van der Waals surface area (Å²) in [4.78, 5) is 33.9. The van der Waals surface area contributed by atoms with Gasteiger partial charge in [0.05, 0.1) is 12.2 Å². The average molecular weight is 368 g/mol. The van der Waals surface area contributed by atoms with Gasteiger partial charge < -0.3 is 20.0 Å².